The molecule has 1 unspecified atom stereocenters. The molecule has 0 aromatic heterocycles. The minimum Gasteiger partial charge on any atom is -0.301 e. The number of likely N-dealkylation sites (tertiary alicyclic amines) is 1. The van der Waals surface area contributed by atoms with Crippen LogP contribution in [0.5, 0.6) is 0 Å². The second-order valence-corrected chi connectivity index (χ2v) is 11.1. The maximum absolute atomic E-state index is 13.1. The van der Waals surface area contributed by atoms with E-state index in [1.54, 1.807) is 12.0 Å². The van der Waals surface area contributed by atoms with Gasteiger partial charge in [0.1, 0.15) is 0 Å². The molecule has 0 aromatic carbocycles. The molecular formula is C26H48N2O3. The zero-order valence-corrected chi connectivity index (χ0v) is 21.2. The lowest BCUT2D eigenvalue weighted by atomic mass is 9.78. The van der Waals surface area contributed by atoms with Crippen molar-refractivity contribution in [2.24, 2.45) is 5.92 Å². The molecule has 5 heteroatoms. The van der Waals surface area contributed by atoms with E-state index in [1.165, 1.54) is 57.8 Å². The molecule has 2 aliphatic heterocycles. The largest absolute Gasteiger partial charge is 0.301 e. The first-order valence-corrected chi connectivity index (χ1v) is 12.8. The molecular weight excluding hydrogens is 388 g/mol. The fourth-order valence-electron chi connectivity index (χ4n) is 6.09. The van der Waals surface area contributed by atoms with Gasteiger partial charge in [0.05, 0.1) is 7.11 Å². The number of hydrogen-bond acceptors (Lipinski definition) is 4. The van der Waals surface area contributed by atoms with Crippen molar-refractivity contribution in [1.82, 2.24) is 9.96 Å². The number of hydrogen-bond donors (Lipinski definition) is 0. The lowest BCUT2D eigenvalue weighted by Crippen LogP contribution is -2.64. The van der Waals surface area contributed by atoms with Crippen LogP contribution in [0.3, 0.4) is 0 Å². The molecule has 0 spiro atoms. The fraction of sp³-hybridized carbons (Fsp3) is 0.923. The van der Waals surface area contributed by atoms with Crippen molar-refractivity contribution >= 4 is 11.8 Å². The van der Waals surface area contributed by atoms with Gasteiger partial charge < -0.3 is 4.84 Å². The number of nitrogens with zero attached hydrogens (tertiary/aromatic N) is 2. The normalized spacial score (nSPS) is 24.3. The van der Waals surface area contributed by atoms with Crippen molar-refractivity contribution < 1.29 is 14.4 Å². The monoisotopic (exact) mass is 436 g/mol. The van der Waals surface area contributed by atoms with Gasteiger partial charge in [-0.2, -0.15) is 5.06 Å². The Kier molecular flexibility index (Phi) is 10.0. The number of carbonyl (C=O) groups is 2. The standard InChI is InChI=1S/C26H48N2O3/c1-7-8-9-10-11-12-13-14-15-16-17-21-18-23(29)27(24(21)30)22-19-25(2,3)28(31-6)26(4,5)20-22/h21-22H,7-20H2,1-6H3. The molecule has 0 aliphatic carbocycles. The molecule has 1 atom stereocenters. The SMILES string of the molecule is CCCCCCCCCCCCC1CC(=O)N(C2CC(C)(C)N(OC)C(C)(C)C2)C1=O. The Morgan fingerprint density at radius 2 is 1.32 bits per heavy atom. The molecule has 0 radical (unpaired) electrons. The average Bonchev–Trinajstić information content (AvgIpc) is 2.95. The molecule has 2 heterocycles. The third-order valence-electron chi connectivity index (χ3n) is 7.30. The molecule has 180 valence electrons. The van der Waals surface area contributed by atoms with Crippen LogP contribution in [-0.2, 0) is 14.4 Å². The van der Waals surface area contributed by atoms with Gasteiger partial charge in [-0.1, -0.05) is 71.1 Å². The maximum Gasteiger partial charge on any atom is 0.233 e. The summed E-state index contributed by atoms with van der Waals surface area (Å²) in [6, 6.07) is -0.0332. The maximum atomic E-state index is 13.1. The van der Waals surface area contributed by atoms with E-state index in [4.69, 9.17) is 4.84 Å². The highest BCUT2D eigenvalue weighted by Crippen LogP contribution is 2.42. The van der Waals surface area contributed by atoms with Gasteiger partial charge in [0.25, 0.3) is 0 Å². The molecule has 2 amide bonds. The van der Waals surface area contributed by atoms with Crippen LogP contribution < -0.4 is 0 Å². The summed E-state index contributed by atoms with van der Waals surface area (Å²) in [5, 5.41) is 2.03. The van der Waals surface area contributed by atoms with Gasteiger partial charge in [0, 0.05) is 29.5 Å². The van der Waals surface area contributed by atoms with E-state index in [1.807, 2.05) is 5.06 Å². The van der Waals surface area contributed by atoms with Crippen LogP contribution in [0.25, 0.3) is 0 Å². The second kappa shape index (κ2) is 11.8. The van der Waals surface area contributed by atoms with Crippen molar-refractivity contribution in [3.8, 4) is 0 Å². The number of imide groups is 1. The van der Waals surface area contributed by atoms with Crippen molar-refractivity contribution in [1.29, 1.82) is 0 Å². The van der Waals surface area contributed by atoms with Gasteiger partial charge in [-0.25, -0.2) is 0 Å². The van der Waals surface area contributed by atoms with E-state index < -0.39 is 0 Å². The number of unbranched alkanes of at least 4 members (excludes halogenated alkanes) is 9. The fourth-order valence-corrected chi connectivity index (χ4v) is 6.09. The highest BCUT2D eigenvalue weighted by atomic mass is 16.7. The van der Waals surface area contributed by atoms with E-state index >= 15 is 0 Å². The predicted molar refractivity (Wildman–Crippen MR) is 126 cm³/mol. The van der Waals surface area contributed by atoms with Crippen molar-refractivity contribution in [3.63, 3.8) is 0 Å². The van der Waals surface area contributed by atoms with Crippen LogP contribution in [-0.4, -0.2) is 46.0 Å². The van der Waals surface area contributed by atoms with Gasteiger partial charge in [-0.05, 0) is 47.0 Å². The van der Waals surface area contributed by atoms with Crippen molar-refractivity contribution in [3.05, 3.63) is 0 Å². The Labute approximate surface area is 191 Å². The number of carbonyl (C=O) groups excluding carboxylic acids is 2. The Bertz CT molecular complexity index is 569. The quantitative estimate of drug-likeness (QED) is 0.253. The number of piperidine rings is 1. The number of hydroxylamine groups is 2. The highest BCUT2D eigenvalue weighted by Gasteiger charge is 2.51. The molecule has 2 aliphatic rings. The van der Waals surface area contributed by atoms with Gasteiger partial charge in [-0.3, -0.25) is 14.5 Å². The van der Waals surface area contributed by atoms with Crippen LogP contribution in [0.4, 0.5) is 0 Å². The lowest BCUT2D eigenvalue weighted by Gasteiger charge is -2.54. The van der Waals surface area contributed by atoms with Crippen molar-refractivity contribution in [2.75, 3.05) is 7.11 Å². The molecule has 31 heavy (non-hydrogen) atoms. The first-order chi connectivity index (χ1) is 14.6. The van der Waals surface area contributed by atoms with E-state index in [9.17, 15) is 9.59 Å². The first-order valence-electron chi connectivity index (χ1n) is 12.8. The zero-order valence-electron chi connectivity index (χ0n) is 21.2. The summed E-state index contributed by atoms with van der Waals surface area (Å²) in [4.78, 5) is 33.2. The summed E-state index contributed by atoms with van der Waals surface area (Å²) in [6.07, 6.45) is 15.7. The Hall–Kier alpha value is -0.940. The molecule has 0 saturated carbocycles. The molecule has 5 nitrogen and oxygen atoms in total. The smallest absolute Gasteiger partial charge is 0.233 e. The summed E-state index contributed by atoms with van der Waals surface area (Å²) in [5.41, 5.74) is -0.452. The molecule has 0 N–H and O–H groups in total. The summed E-state index contributed by atoms with van der Waals surface area (Å²) >= 11 is 0. The van der Waals surface area contributed by atoms with Gasteiger partial charge in [-0.15, -0.1) is 0 Å². The Balaban J connectivity index is 1.76. The van der Waals surface area contributed by atoms with Crippen LogP contribution in [0.15, 0.2) is 0 Å². The molecule has 2 rings (SSSR count). The minimum atomic E-state index is -0.226. The van der Waals surface area contributed by atoms with E-state index in [2.05, 4.69) is 34.6 Å². The highest BCUT2D eigenvalue weighted by molar-refractivity contribution is 6.03. The van der Waals surface area contributed by atoms with Crippen LogP contribution in [0.1, 0.15) is 125 Å². The molecule has 0 bridgehead atoms. The summed E-state index contributed by atoms with van der Waals surface area (Å²) in [5.74, 6) is 0.00107. The topological polar surface area (TPSA) is 49.9 Å². The van der Waals surface area contributed by atoms with E-state index in [0.29, 0.717) is 6.42 Å². The second-order valence-electron chi connectivity index (χ2n) is 11.1. The molecule has 2 saturated heterocycles. The minimum absolute atomic E-state index is 0.0320. The number of amides is 2. The lowest BCUT2D eigenvalue weighted by molar-refractivity contribution is -0.271. The Morgan fingerprint density at radius 3 is 1.81 bits per heavy atom. The summed E-state index contributed by atoms with van der Waals surface area (Å²) in [6.45, 7) is 10.8. The Morgan fingerprint density at radius 1 is 0.839 bits per heavy atom. The van der Waals surface area contributed by atoms with Crippen LogP contribution in [0.2, 0.25) is 0 Å². The zero-order chi connectivity index (χ0) is 23.1. The van der Waals surface area contributed by atoms with Gasteiger partial charge >= 0.3 is 0 Å². The third kappa shape index (κ3) is 7.02. The van der Waals surface area contributed by atoms with Crippen LogP contribution in [0, 0.1) is 5.92 Å². The summed E-state index contributed by atoms with van der Waals surface area (Å²) in [7, 11) is 1.71. The summed E-state index contributed by atoms with van der Waals surface area (Å²) < 4.78 is 0. The molecule has 0 aromatic rings. The van der Waals surface area contributed by atoms with Gasteiger partial charge in [0.2, 0.25) is 11.8 Å². The third-order valence-corrected chi connectivity index (χ3v) is 7.30. The van der Waals surface area contributed by atoms with Gasteiger partial charge in [0.15, 0.2) is 0 Å². The van der Waals surface area contributed by atoms with E-state index in [0.717, 1.165) is 25.7 Å². The van der Waals surface area contributed by atoms with Crippen LogP contribution >= 0.6 is 0 Å². The number of rotatable bonds is 13. The van der Waals surface area contributed by atoms with E-state index in [-0.39, 0.29) is 34.9 Å². The molecule has 2 fully saturated rings. The van der Waals surface area contributed by atoms with Crippen molar-refractivity contribution in [2.45, 2.75) is 142 Å². The first kappa shape index (κ1) is 26.3. The average molecular weight is 437 g/mol. The predicted octanol–water partition coefficient (Wildman–Crippen LogP) is 6.26.